The van der Waals surface area contributed by atoms with Crippen LogP contribution in [0.4, 0.5) is 4.39 Å². The fraction of sp³-hybridized carbons (Fsp3) is 0.333. The van der Waals surface area contributed by atoms with E-state index in [1.165, 1.54) is 6.07 Å². The average molecular weight is 173 g/mol. The van der Waals surface area contributed by atoms with Crippen LogP contribution in [0.1, 0.15) is 25.3 Å². The van der Waals surface area contributed by atoms with Gasteiger partial charge in [0.2, 0.25) is 0 Å². The molecule has 1 aromatic rings. The summed E-state index contributed by atoms with van der Waals surface area (Å²) in [6.07, 6.45) is 0. The Labute approximate surface area is 71.0 Å². The van der Waals surface area contributed by atoms with Crippen LogP contribution in [-0.2, 0) is 0 Å². The molecule has 0 N–H and O–H groups in total. The second-order valence-corrected chi connectivity index (χ2v) is 3.26. The normalized spacial score (nSPS) is 10.6. The van der Waals surface area contributed by atoms with Crippen LogP contribution >= 0.6 is 11.6 Å². The highest BCUT2D eigenvalue weighted by molar-refractivity contribution is 6.30. The van der Waals surface area contributed by atoms with Crippen LogP contribution < -0.4 is 0 Å². The molecule has 0 saturated heterocycles. The third kappa shape index (κ3) is 1.93. The molecule has 0 radical (unpaired) electrons. The third-order valence-electron chi connectivity index (χ3n) is 1.58. The van der Waals surface area contributed by atoms with Gasteiger partial charge in [-0.25, -0.2) is 4.39 Å². The molecule has 60 valence electrons. The minimum absolute atomic E-state index is 0.176. The summed E-state index contributed by atoms with van der Waals surface area (Å²) in [5.41, 5.74) is 0.678. The Bertz CT molecular complexity index is 256. The maximum Gasteiger partial charge on any atom is 0.126 e. The van der Waals surface area contributed by atoms with Gasteiger partial charge in [-0.05, 0) is 29.7 Å². The molecular weight excluding hydrogens is 163 g/mol. The smallest absolute Gasteiger partial charge is 0.126 e. The molecule has 0 fully saturated rings. The van der Waals surface area contributed by atoms with Crippen LogP contribution in [0.3, 0.4) is 0 Å². The second-order valence-electron chi connectivity index (χ2n) is 2.82. The molecule has 0 aliphatic carbocycles. The van der Waals surface area contributed by atoms with Gasteiger partial charge in [0.25, 0.3) is 0 Å². The van der Waals surface area contributed by atoms with Crippen molar-refractivity contribution < 1.29 is 4.39 Å². The topological polar surface area (TPSA) is 0 Å². The summed E-state index contributed by atoms with van der Waals surface area (Å²) in [4.78, 5) is 0. The number of hydrogen-bond donors (Lipinski definition) is 0. The highest BCUT2D eigenvalue weighted by Gasteiger charge is 2.05. The Morgan fingerprint density at radius 3 is 2.45 bits per heavy atom. The van der Waals surface area contributed by atoms with Crippen molar-refractivity contribution in [2.75, 3.05) is 0 Å². The first kappa shape index (κ1) is 8.54. The van der Waals surface area contributed by atoms with E-state index in [0.717, 1.165) is 0 Å². The van der Waals surface area contributed by atoms with Crippen LogP contribution in [0.2, 0.25) is 5.02 Å². The van der Waals surface area contributed by atoms with Gasteiger partial charge >= 0.3 is 0 Å². The number of benzene rings is 1. The van der Waals surface area contributed by atoms with Gasteiger partial charge in [0.1, 0.15) is 5.82 Å². The maximum absolute atomic E-state index is 13.0. The van der Waals surface area contributed by atoms with Crippen molar-refractivity contribution in [2.24, 2.45) is 0 Å². The minimum Gasteiger partial charge on any atom is -0.207 e. The van der Waals surface area contributed by atoms with Crippen molar-refractivity contribution in [1.29, 1.82) is 0 Å². The van der Waals surface area contributed by atoms with Crippen molar-refractivity contribution in [1.82, 2.24) is 0 Å². The van der Waals surface area contributed by atoms with Crippen LogP contribution in [0.15, 0.2) is 18.2 Å². The largest absolute Gasteiger partial charge is 0.207 e. The Morgan fingerprint density at radius 2 is 2.00 bits per heavy atom. The number of hydrogen-bond acceptors (Lipinski definition) is 0. The molecule has 0 aromatic heterocycles. The summed E-state index contributed by atoms with van der Waals surface area (Å²) in [6.45, 7) is 3.88. The van der Waals surface area contributed by atoms with Crippen LogP contribution in [0.25, 0.3) is 0 Å². The molecule has 11 heavy (non-hydrogen) atoms. The molecule has 0 nitrogen and oxygen atoms in total. The third-order valence-corrected chi connectivity index (χ3v) is 1.82. The van der Waals surface area contributed by atoms with Crippen molar-refractivity contribution in [3.63, 3.8) is 0 Å². The maximum atomic E-state index is 13.0. The van der Waals surface area contributed by atoms with Gasteiger partial charge in [0.05, 0.1) is 0 Å². The van der Waals surface area contributed by atoms with Crippen molar-refractivity contribution in [3.8, 4) is 0 Å². The molecule has 1 rings (SSSR count). The summed E-state index contributed by atoms with van der Waals surface area (Å²) in [5.74, 6) is 0.0121. The zero-order valence-electron chi connectivity index (χ0n) is 6.57. The van der Waals surface area contributed by atoms with E-state index in [0.29, 0.717) is 10.6 Å². The molecule has 0 bridgehead atoms. The lowest BCUT2D eigenvalue weighted by atomic mass is 10.0. The summed E-state index contributed by atoms with van der Waals surface area (Å²) in [6, 6.07) is 4.63. The first-order valence-electron chi connectivity index (χ1n) is 3.56. The first-order chi connectivity index (χ1) is 5.11. The highest BCUT2D eigenvalue weighted by Crippen LogP contribution is 2.21. The zero-order valence-corrected chi connectivity index (χ0v) is 7.32. The van der Waals surface area contributed by atoms with Gasteiger partial charge in [-0.3, -0.25) is 0 Å². The first-order valence-corrected chi connectivity index (χ1v) is 3.94. The molecule has 0 aliphatic rings. The Hall–Kier alpha value is -0.560. The van der Waals surface area contributed by atoms with E-state index in [1.54, 1.807) is 12.1 Å². The summed E-state index contributed by atoms with van der Waals surface area (Å²) >= 11 is 5.69. The molecule has 1 aromatic carbocycles. The number of rotatable bonds is 1. The molecular formula is C9H10ClF. The van der Waals surface area contributed by atoms with E-state index in [2.05, 4.69) is 0 Å². The van der Waals surface area contributed by atoms with E-state index >= 15 is 0 Å². The van der Waals surface area contributed by atoms with Gasteiger partial charge in [-0.1, -0.05) is 25.4 Å². The van der Waals surface area contributed by atoms with Crippen molar-refractivity contribution >= 4 is 11.6 Å². The molecule has 0 amide bonds. The van der Waals surface area contributed by atoms with Gasteiger partial charge in [-0.2, -0.15) is 0 Å². The van der Waals surface area contributed by atoms with Gasteiger partial charge in [0, 0.05) is 5.02 Å². The molecule has 2 heteroatoms. The molecule has 0 atom stereocenters. The van der Waals surface area contributed by atoms with E-state index in [9.17, 15) is 4.39 Å². The van der Waals surface area contributed by atoms with E-state index in [4.69, 9.17) is 11.6 Å². The fourth-order valence-corrected chi connectivity index (χ4v) is 1.14. The summed E-state index contributed by atoms with van der Waals surface area (Å²) in [5, 5.41) is 0.593. The molecule has 0 saturated carbocycles. The molecule has 0 heterocycles. The monoisotopic (exact) mass is 172 g/mol. The molecule has 0 spiro atoms. The lowest BCUT2D eigenvalue weighted by molar-refractivity contribution is 0.598. The second kappa shape index (κ2) is 3.22. The van der Waals surface area contributed by atoms with Crippen LogP contribution in [0.5, 0.6) is 0 Å². The Balaban J connectivity index is 3.13. The minimum atomic E-state index is -0.176. The summed E-state index contributed by atoms with van der Waals surface area (Å²) < 4.78 is 13.0. The quantitative estimate of drug-likeness (QED) is 0.607. The predicted molar refractivity (Wildman–Crippen MR) is 45.5 cm³/mol. The number of halogens is 2. The predicted octanol–water partition coefficient (Wildman–Crippen LogP) is 3.60. The van der Waals surface area contributed by atoms with Crippen LogP contribution in [0, 0.1) is 5.82 Å². The Morgan fingerprint density at radius 1 is 1.36 bits per heavy atom. The zero-order chi connectivity index (χ0) is 8.43. The van der Waals surface area contributed by atoms with Crippen molar-refractivity contribution in [3.05, 3.63) is 34.6 Å². The highest BCUT2D eigenvalue weighted by atomic mass is 35.5. The summed E-state index contributed by atoms with van der Waals surface area (Å²) in [7, 11) is 0. The molecule has 0 unspecified atom stereocenters. The van der Waals surface area contributed by atoms with Gasteiger partial charge in [-0.15, -0.1) is 0 Å². The van der Waals surface area contributed by atoms with E-state index in [1.807, 2.05) is 13.8 Å². The average Bonchev–Trinajstić information content (AvgIpc) is 1.94. The van der Waals surface area contributed by atoms with Crippen molar-refractivity contribution in [2.45, 2.75) is 19.8 Å². The van der Waals surface area contributed by atoms with Gasteiger partial charge in [0.15, 0.2) is 0 Å². The van der Waals surface area contributed by atoms with Crippen LogP contribution in [-0.4, -0.2) is 0 Å². The molecule has 0 aliphatic heterocycles. The fourth-order valence-electron chi connectivity index (χ4n) is 0.957. The SMILES string of the molecule is CC(C)c1cc(Cl)ccc1F. The van der Waals surface area contributed by atoms with Gasteiger partial charge < -0.3 is 0 Å². The Kier molecular flexibility index (Phi) is 2.50. The van der Waals surface area contributed by atoms with E-state index in [-0.39, 0.29) is 11.7 Å². The lowest BCUT2D eigenvalue weighted by Crippen LogP contribution is -1.91. The van der Waals surface area contributed by atoms with E-state index < -0.39 is 0 Å². The lowest BCUT2D eigenvalue weighted by Gasteiger charge is -2.06. The standard InChI is InChI=1S/C9H10ClF/c1-6(2)8-5-7(10)3-4-9(8)11/h3-6H,1-2H3.